The van der Waals surface area contributed by atoms with Crippen LogP contribution in [-0.2, 0) is 19.0 Å². The van der Waals surface area contributed by atoms with Crippen LogP contribution in [0.2, 0.25) is 0 Å². The van der Waals surface area contributed by atoms with Gasteiger partial charge in [-0.2, -0.15) is 18.3 Å². The van der Waals surface area contributed by atoms with Crippen LogP contribution < -0.4 is 10.2 Å². The summed E-state index contributed by atoms with van der Waals surface area (Å²) in [6.45, 7) is 3.91. The third-order valence-corrected chi connectivity index (χ3v) is 6.64. The zero-order valence-corrected chi connectivity index (χ0v) is 18.7. The van der Waals surface area contributed by atoms with Gasteiger partial charge in [-0.05, 0) is 36.6 Å². The van der Waals surface area contributed by atoms with E-state index in [0.717, 1.165) is 48.8 Å². The molecule has 0 unspecified atom stereocenters. The molecule has 0 bridgehead atoms. The molecule has 5 rings (SSSR count). The van der Waals surface area contributed by atoms with Crippen LogP contribution in [0.3, 0.4) is 0 Å². The number of carbonyl (C=O) groups is 1. The van der Waals surface area contributed by atoms with Gasteiger partial charge in [-0.3, -0.25) is 14.8 Å². The second-order valence-electron chi connectivity index (χ2n) is 8.72. The number of amides is 1. The Hall–Kier alpha value is -3.33. The minimum absolute atomic E-state index is 0.157. The number of aromatic nitrogens is 2. The number of halogens is 3. The van der Waals surface area contributed by atoms with Crippen molar-refractivity contribution >= 4 is 11.6 Å². The van der Waals surface area contributed by atoms with E-state index in [9.17, 15) is 18.0 Å². The fraction of sp³-hybridized carbons (Fsp3) is 0.360. The molecular weight excluding hydrogens is 443 g/mol. The van der Waals surface area contributed by atoms with Crippen LogP contribution in [0.5, 0.6) is 0 Å². The Morgan fingerprint density at radius 2 is 1.82 bits per heavy atom. The number of nitrogens with zero attached hydrogens (tertiary/aromatic N) is 3. The first kappa shape index (κ1) is 22.5. The van der Waals surface area contributed by atoms with Gasteiger partial charge in [-0.25, -0.2) is 0 Å². The molecule has 2 aliphatic rings. The molecule has 0 spiro atoms. The summed E-state index contributed by atoms with van der Waals surface area (Å²) in [7, 11) is 0. The van der Waals surface area contributed by atoms with Gasteiger partial charge in [-0.15, -0.1) is 0 Å². The van der Waals surface area contributed by atoms with Crippen molar-refractivity contribution < 1.29 is 18.0 Å². The zero-order valence-electron chi connectivity index (χ0n) is 18.7. The first-order valence-corrected chi connectivity index (χ1v) is 11.5. The summed E-state index contributed by atoms with van der Waals surface area (Å²) in [5, 5.41) is 10.3. The Balaban J connectivity index is 1.12. The third kappa shape index (κ3) is 4.52. The van der Waals surface area contributed by atoms with E-state index in [1.807, 2.05) is 23.1 Å². The van der Waals surface area contributed by atoms with Gasteiger partial charge in [0, 0.05) is 56.1 Å². The lowest BCUT2D eigenvalue weighted by atomic mass is 9.89. The predicted octanol–water partition coefficient (Wildman–Crippen LogP) is 3.75. The smallest absolute Gasteiger partial charge is 0.369 e. The Morgan fingerprint density at radius 3 is 2.62 bits per heavy atom. The van der Waals surface area contributed by atoms with E-state index in [1.165, 1.54) is 17.7 Å². The number of carbonyl (C=O) groups excluding carboxylic acids is 1. The Labute approximate surface area is 195 Å². The largest absolute Gasteiger partial charge is 0.416 e. The van der Waals surface area contributed by atoms with Gasteiger partial charge in [0.25, 0.3) is 5.91 Å². The lowest BCUT2D eigenvalue weighted by molar-refractivity contribution is -0.137. The molecule has 1 aliphatic heterocycles. The number of alkyl halides is 3. The van der Waals surface area contributed by atoms with Crippen LogP contribution in [0.4, 0.5) is 18.9 Å². The summed E-state index contributed by atoms with van der Waals surface area (Å²) >= 11 is 0. The molecule has 9 heteroatoms. The number of H-pyrrole nitrogens is 1. The Morgan fingerprint density at radius 1 is 1.03 bits per heavy atom. The number of aryl methyl sites for hydroxylation is 1. The van der Waals surface area contributed by atoms with Gasteiger partial charge in [0.15, 0.2) is 0 Å². The van der Waals surface area contributed by atoms with Crippen molar-refractivity contribution in [1.82, 2.24) is 20.4 Å². The fourth-order valence-electron chi connectivity index (χ4n) is 4.77. The maximum absolute atomic E-state index is 13.0. The van der Waals surface area contributed by atoms with Gasteiger partial charge in [-0.1, -0.05) is 30.3 Å². The molecule has 2 heterocycles. The number of aromatic amines is 1. The highest BCUT2D eigenvalue weighted by Gasteiger charge is 2.31. The maximum atomic E-state index is 13.0. The molecule has 2 N–H and O–H groups in total. The molecule has 34 heavy (non-hydrogen) atoms. The number of piperazine rings is 1. The fourth-order valence-corrected chi connectivity index (χ4v) is 4.77. The van der Waals surface area contributed by atoms with Crippen LogP contribution >= 0.6 is 0 Å². The molecule has 3 aromatic rings. The van der Waals surface area contributed by atoms with Crippen LogP contribution in [0.25, 0.3) is 11.3 Å². The minimum atomic E-state index is -4.34. The summed E-state index contributed by atoms with van der Waals surface area (Å²) < 4.78 is 39.0. The van der Waals surface area contributed by atoms with E-state index < -0.39 is 11.7 Å². The van der Waals surface area contributed by atoms with E-state index in [0.29, 0.717) is 37.6 Å². The number of benzene rings is 2. The van der Waals surface area contributed by atoms with Crippen molar-refractivity contribution in [3.8, 4) is 11.3 Å². The monoisotopic (exact) mass is 469 g/mol. The van der Waals surface area contributed by atoms with Gasteiger partial charge >= 0.3 is 6.18 Å². The first-order chi connectivity index (χ1) is 16.4. The summed E-state index contributed by atoms with van der Waals surface area (Å²) in [5.41, 5.74) is 4.64. The number of anilines is 1. The van der Waals surface area contributed by atoms with Gasteiger partial charge in [0.05, 0.1) is 11.3 Å². The lowest BCUT2D eigenvalue weighted by Gasteiger charge is -2.36. The molecule has 6 nitrogen and oxygen atoms in total. The number of rotatable bonds is 5. The molecule has 0 radical (unpaired) electrons. The third-order valence-electron chi connectivity index (χ3n) is 6.64. The molecule has 1 fully saturated rings. The predicted molar refractivity (Wildman–Crippen MR) is 124 cm³/mol. The molecule has 2 aromatic carbocycles. The first-order valence-electron chi connectivity index (χ1n) is 11.5. The van der Waals surface area contributed by atoms with Crippen LogP contribution in [-0.4, -0.2) is 60.3 Å². The number of fused-ring (bicyclic) bond motifs is 3. The van der Waals surface area contributed by atoms with Crippen LogP contribution in [0, 0.1) is 0 Å². The van der Waals surface area contributed by atoms with Gasteiger partial charge < -0.3 is 10.2 Å². The topological polar surface area (TPSA) is 64.3 Å². The molecular formula is C25H26F3N5O. The van der Waals surface area contributed by atoms with E-state index in [2.05, 4.69) is 26.5 Å². The molecule has 0 atom stereocenters. The summed E-state index contributed by atoms with van der Waals surface area (Å²) in [5.74, 6) is -0.157. The standard InChI is InChI=1S/C25H26F3N5O/c26-25(27,28)18-5-3-6-19(16-18)33-14-12-32(13-15-33)11-10-29-24(34)23-21-9-8-17-4-1-2-7-20(17)22(21)30-31-23/h1-7,16H,8-15H2,(H,29,34)(H,30,31). The molecule has 1 amide bonds. The SMILES string of the molecule is O=C(NCCN1CCN(c2cccc(C(F)(F)F)c2)CC1)c1[nH]nc2c1CCc1ccccc1-2. The van der Waals surface area contributed by atoms with Crippen molar-refractivity contribution in [3.05, 3.63) is 70.9 Å². The summed E-state index contributed by atoms with van der Waals surface area (Å²) in [4.78, 5) is 17.0. The maximum Gasteiger partial charge on any atom is 0.416 e. The van der Waals surface area contributed by atoms with Crippen molar-refractivity contribution in [2.75, 3.05) is 44.2 Å². The molecule has 1 aliphatic carbocycles. The van der Waals surface area contributed by atoms with E-state index in [1.54, 1.807) is 6.07 Å². The van der Waals surface area contributed by atoms with Crippen molar-refractivity contribution in [3.63, 3.8) is 0 Å². The number of hydrogen-bond acceptors (Lipinski definition) is 4. The van der Waals surface area contributed by atoms with Gasteiger partial charge in [0.1, 0.15) is 5.69 Å². The highest BCUT2D eigenvalue weighted by atomic mass is 19.4. The zero-order chi connectivity index (χ0) is 23.7. The molecule has 0 saturated carbocycles. The second kappa shape index (κ2) is 9.13. The second-order valence-corrected chi connectivity index (χ2v) is 8.72. The Bertz CT molecular complexity index is 1180. The van der Waals surface area contributed by atoms with Crippen LogP contribution in [0.1, 0.15) is 27.2 Å². The number of hydrogen-bond donors (Lipinski definition) is 2. The molecule has 1 aromatic heterocycles. The molecule has 178 valence electrons. The highest BCUT2D eigenvalue weighted by molar-refractivity contribution is 5.96. The quantitative estimate of drug-likeness (QED) is 0.598. The van der Waals surface area contributed by atoms with Crippen molar-refractivity contribution in [2.45, 2.75) is 19.0 Å². The van der Waals surface area contributed by atoms with Crippen molar-refractivity contribution in [1.29, 1.82) is 0 Å². The lowest BCUT2D eigenvalue weighted by Crippen LogP contribution is -2.48. The normalized spacial score (nSPS) is 16.1. The molecule has 1 saturated heterocycles. The van der Waals surface area contributed by atoms with E-state index >= 15 is 0 Å². The van der Waals surface area contributed by atoms with Gasteiger partial charge in [0.2, 0.25) is 0 Å². The minimum Gasteiger partial charge on any atom is -0.369 e. The van der Waals surface area contributed by atoms with E-state index in [4.69, 9.17) is 0 Å². The average molecular weight is 470 g/mol. The van der Waals surface area contributed by atoms with Crippen LogP contribution in [0.15, 0.2) is 48.5 Å². The summed E-state index contributed by atoms with van der Waals surface area (Å²) in [6.07, 6.45) is -2.67. The highest BCUT2D eigenvalue weighted by Crippen LogP contribution is 2.33. The average Bonchev–Trinajstić information content (AvgIpc) is 3.29. The van der Waals surface area contributed by atoms with E-state index in [-0.39, 0.29) is 5.91 Å². The van der Waals surface area contributed by atoms with Crippen molar-refractivity contribution in [2.24, 2.45) is 0 Å². The number of nitrogens with one attached hydrogen (secondary N) is 2. The Kier molecular flexibility index (Phi) is 6.03. The summed E-state index contributed by atoms with van der Waals surface area (Å²) in [6, 6.07) is 13.6.